The number of aromatic nitrogens is 1. The van der Waals surface area contributed by atoms with E-state index in [9.17, 15) is 4.79 Å². The first-order valence-corrected chi connectivity index (χ1v) is 6.86. The molecule has 0 radical (unpaired) electrons. The van der Waals surface area contributed by atoms with Crippen molar-refractivity contribution in [2.45, 2.75) is 44.7 Å². The van der Waals surface area contributed by atoms with Crippen LogP contribution in [-0.2, 0) is 4.74 Å². The molecule has 1 fully saturated rings. The zero-order chi connectivity index (χ0) is 13.7. The van der Waals surface area contributed by atoms with Gasteiger partial charge in [-0.15, -0.1) is 0 Å². The van der Waals surface area contributed by atoms with Gasteiger partial charge in [0.25, 0.3) is 0 Å². The quantitative estimate of drug-likeness (QED) is 0.812. The van der Waals surface area contributed by atoms with Crippen LogP contribution in [0.1, 0.15) is 43.0 Å². The van der Waals surface area contributed by atoms with E-state index in [1.165, 1.54) is 19.0 Å². The van der Waals surface area contributed by atoms with Crippen molar-refractivity contribution in [1.82, 2.24) is 4.98 Å². The number of pyridine rings is 1. The van der Waals surface area contributed by atoms with Gasteiger partial charge in [-0.05, 0) is 31.9 Å². The fourth-order valence-electron chi connectivity index (χ4n) is 2.34. The van der Waals surface area contributed by atoms with Gasteiger partial charge in [-0.25, -0.2) is 9.78 Å². The highest BCUT2D eigenvalue weighted by atomic mass is 16.5. The van der Waals surface area contributed by atoms with Gasteiger partial charge in [-0.3, -0.25) is 0 Å². The third-order valence-corrected chi connectivity index (χ3v) is 3.43. The summed E-state index contributed by atoms with van der Waals surface area (Å²) in [6.07, 6.45) is 6.07. The van der Waals surface area contributed by atoms with E-state index in [0.717, 1.165) is 18.7 Å². The smallest absolute Gasteiger partial charge is 0.339 e. The average Bonchev–Trinajstić information content (AvgIpc) is 2.42. The number of ether oxygens (including phenoxy) is 1. The fraction of sp³-hybridized carbons (Fsp3) is 0.571. The first kappa shape index (κ1) is 13.8. The van der Waals surface area contributed by atoms with Crippen LogP contribution >= 0.6 is 0 Å². The summed E-state index contributed by atoms with van der Waals surface area (Å²) < 4.78 is 4.92. The topological polar surface area (TPSA) is 77.2 Å². The van der Waals surface area contributed by atoms with Crippen LogP contribution in [-0.4, -0.2) is 29.6 Å². The Bertz CT molecular complexity index is 419. The minimum absolute atomic E-state index is 0.181. The Morgan fingerprint density at radius 1 is 1.47 bits per heavy atom. The van der Waals surface area contributed by atoms with Gasteiger partial charge in [0.1, 0.15) is 5.82 Å². The number of carbonyl (C=O) groups excluding carboxylic acids is 1. The van der Waals surface area contributed by atoms with Crippen LogP contribution in [0.5, 0.6) is 0 Å². The summed E-state index contributed by atoms with van der Waals surface area (Å²) in [6, 6.07) is 3.98. The van der Waals surface area contributed by atoms with Gasteiger partial charge in [0.05, 0.1) is 12.2 Å². The molecule has 0 aliphatic heterocycles. The monoisotopic (exact) mass is 263 g/mol. The van der Waals surface area contributed by atoms with Crippen molar-refractivity contribution in [3.8, 4) is 0 Å². The molecule has 0 spiro atoms. The maximum Gasteiger partial charge on any atom is 0.339 e. The predicted octanol–water partition coefficient (Wildman–Crippen LogP) is 1.94. The molecule has 2 unspecified atom stereocenters. The Morgan fingerprint density at radius 2 is 2.26 bits per heavy atom. The van der Waals surface area contributed by atoms with Gasteiger partial charge in [-0.2, -0.15) is 0 Å². The number of nitrogens with one attached hydrogen (secondary N) is 1. The van der Waals surface area contributed by atoms with Crippen molar-refractivity contribution in [3.05, 3.63) is 23.9 Å². The average molecular weight is 263 g/mol. The molecular formula is C14H21N3O2. The molecule has 3 N–H and O–H groups in total. The van der Waals surface area contributed by atoms with Crippen molar-refractivity contribution in [1.29, 1.82) is 0 Å². The molecule has 5 nitrogen and oxygen atoms in total. The molecule has 0 amide bonds. The molecule has 104 valence electrons. The van der Waals surface area contributed by atoms with E-state index in [1.54, 1.807) is 19.1 Å². The normalized spacial score (nSPS) is 22.8. The number of nitrogens with zero attached hydrogens (tertiary/aromatic N) is 1. The summed E-state index contributed by atoms with van der Waals surface area (Å²) in [5.74, 6) is 0.423. The number of anilines is 1. The van der Waals surface area contributed by atoms with Crippen molar-refractivity contribution < 1.29 is 9.53 Å². The van der Waals surface area contributed by atoms with E-state index < -0.39 is 0 Å². The predicted molar refractivity (Wildman–Crippen MR) is 74.0 cm³/mol. The molecule has 1 aliphatic carbocycles. The largest absolute Gasteiger partial charge is 0.462 e. The van der Waals surface area contributed by atoms with E-state index >= 15 is 0 Å². The van der Waals surface area contributed by atoms with Crippen molar-refractivity contribution >= 4 is 11.8 Å². The molecule has 2 atom stereocenters. The SMILES string of the molecule is CCOC(=O)c1ccc(NC2CCCCC2N)nc1. The van der Waals surface area contributed by atoms with E-state index in [4.69, 9.17) is 10.5 Å². The minimum Gasteiger partial charge on any atom is -0.462 e. The summed E-state index contributed by atoms with van der Waals surface area (Å²) in [7, 11) is 0. The number of rotatable bonds is 4. The Balaban J connectivity index is 1.96. The van der Waals surface area contributed by atoms with Gasteiger partial charge in [0, 0.05) is 18.3 Å². The highest BCUT2D eigenvalue weighted by molar-refractivity contribution is 5.89. The highest BCUT2D eigenvalue weighted by Crippen LogP contribution is 2.20. The standard InChI is InChI=1S/C14H21N3O2/c1-2-19-14(18)10-7-8-13(16-9-10)17-12-6-4-3-5-11(12)15/h7-9,11-12H,2-6,15H2,1H3,(H,16,17). The molecule has 0 aromatic carbocycles. The molecule has 1 heterocycles. The lowest BCUT2D eigenvalue weighted by Crippen LogP contribution is -2.42. The molecule has 0 bridgehead atoms. The Hall–Kier alpha value is -1.62. The van der Waals surface area contributed by atoms with Crippen LogP contribution in [0, 0.1) is 0 Å². The third-order valence-electron chi connectivity index (χ3n) is 3.43. The summed E-state index contributed by atoms with van der Waals surface area (Å²) in [6.45, 7) is 2.15. The van der Waals surface area contributed by atoms with Crippen LogP contribution in [0.25, 0.3) is 0 Å². The second-order valence-corrected chi connectivity index (χ2v) is 4.85. The van der Waals surface area contributed by atoms with Crippen LogP contribution in [0.3, 0.4) is 0 Å². The van der Waals surface area contributed by atoms with Crippen molar-refractivity contribution in [2.75, 3.05) is 11.9 Å². The number of hydrogen-bond donors (Lipinski definition) is 2. The molecule has 0 saturated heterocycles. The summed E-state index contributed by atoms with van der Waals surface area (Å²) in [5.41, 5.74) is 6.55. The lowest BCUT2D eigenvalue weighted by atomic mass is 9.91. The molecule has 1 aromatic rings. The van der Waals surface area contributed by atoms with E-state index in [-0.39, 0.29) is 18.1 Å². The van der Waals surface area contributed by atoms with Gasteiger partial charge in [0.15, 0.2) is 0 Å². The minimum atomic E-state index is -0.337. The first-order chi connectivity index (χ1) is 9.20. The van der Waals surface area contributed by atoms with Crippen LogP contribution < -0.4 is 11.1 Å². The summed E-state index contributed by atoms with van der Waals surface area (Å²) >= 11 is 0. The van der Waals surface area contributed by atoms with Gasteiger partial charge >= 0.3 is 5.97 Å². The van der Waals surface area contributed by atoms with E-state index in [0.29, 0.717) is 12.2 Å². The van der Waals surface area contributed by atoms with E-state index in [1.807, 2.05) is 0 Å². The summed E-state index contributed by atoms with van der Waals surface area (Å²) in [5, 5.41) is 3.34. The van der Waals surface area contributed by atoms with Crippen LogP contribution in [0.4, 0.5) is 5.82 Å². The Kier molecular flexibility index (Phi) is 4.74. The van der Waals surface area contributed by atoms with Gasteiger partial charge < -0.3 is 15.8 Å². The number of nitrogens with two attached hydrogens (primary N) is 1. The summed E-state index contributed by atoms with van der Waals surface area (Å²) in [4.78, 5) is 15.7. The third kappa shape index (κ3) is 3.67. The molecule has 1 aliphatic rings. The highest BCUT2D eigenvalue weighted by Gasteiger charge is 2.21. The molecule has 2 rings (SSSR count). The molecule has 1 saturated carbocycles. The Morgan fingerprint density at radius 3 is 2.89 bits per heavy atom. The second kappa shape index (κ2) is 6.52. The first-order valence-electron chi connectivity index (χ1n) is 6.86. The number of esters is 1. The molecule has 1 aromatic heterocycles. The van der Waals surface area contributed by atoms with Gasteiger partial charge in [-0.1, -0.05) is 12.8 Å². The van der Waals surface area contributed by atoms with E-state index in [2.05, 4.69) is 10.3 Å². The maximum atomic E-state index is 11.5. The molecule has 5 heteroatoms. The van der Waals surface area contributed by atoms with Crippen molar-refractivity contribution in [2.24, 2.45) is 5.73 Å². The zero-order valence-electron chi connectivity index (χ0n) is 11.3. The second-order valence-electron chi connectivity index (χ2n) is 4.85. The van der Waals surface area contributed by atoms with Crippen LogP contribution in [0.2, 0.25) is 0 Å². The lowest BCUT2D eigenvalue weighted by Gasteiger charge is -2.29. The maximum absolute atomic E-state index is 11.5. The Labute approximate surface area is 113 Å². The van der Waals surface area contributed by atoms with Gasteiger partial charge in [0.2, 0.25) is 0 Å². The lowest BCUT2D eigenvalue weighted by molar-refractivity contribution is 0.0526. The zero-order valence-corrected chi connectivity index (χ0v) is 11.3. The number of hydrogen-bond acceptors (Lipinski definition) is 5. The van der Waals surface area contributed by atoms with Crippen LogP contribution in [0.15, 0.2) is 18.3 Å². The number of carbonyl (C=O) groups is 1. The molecular weight excluding hydrogens is 242 g/mol. The fourth-order valence-corrected chi connectivity index (χ4v) is 2.34. The van der Waals surface area contributed by atoms with Crippen molar-refractivity contribution in [3.63, 3.8) is 0 Å². The molecule has 19 heavy (non-hydrogen) atoms.